The van der Waals surface area contributed by atoms with E-state index >= 15 is 0 Å². The van der Waals surface area contributed by atoms with Crippen LogP contribution in [0, 0.1) is 24.4 Å². The summed E-state index contributed by atoms with van der Waals surface area (Å²) in [4.78, 5) is 11.9. The van der Waals surface area contributed by atoms with E-state index in [9.17, 15) is 18.0 Å². The molecule has 0 aliphatic rings. The van der Waals surface area contributed by atoms with Crippen molar-refractivity contribution < 1.29 is 18.0 Å². The molecule has 1 amide bonds. The fourth-order valence-corrected chi connectivity index (χ4v) is 1.73. The van der Waals surface area contributed by atoms with Crippen molar-refractivity contribution in [1.29, 1.82) is 0 Å². The lowest BCUT2D eigenvalue weighted by Crippen LogP contribution is -2.15. The van der Waals surface area contributed by atoms with E-state index in [-0.39, 0.29) is 5.56 Å². The maximum absolute atomic E-state index is 13.1. The summed E-state index contributed by atoms with van der Waals surface area (Å²) in [5, 5.41) is 2.45. The average Bonchev–Trinajstić information content (AvgIpc) is 2.39. The lowest BCUT2D eigenvalue weighted by atomic mass is 10.1. The molecule has 0 aliphatic carbocycles. The number of nitrogen functional groups attached to an aromatic ring is 1. The molecule has 104 valence electrons. The monoisotopic (exact) mass is 280 g/mol. The third-order valence-corrected chi connectivity index (χ3v) is 2.79. The van der Waals surface area contributed by atoms with Gasteiger partial charge in [-0.3, -0.25) is 4.79 Å². The van der Waals surface area contributed by atoms with Crippen molar-refractivity contribution in [2.45, 2.75) is 6.92 Å². The molecule has 0 saturated heterocycles. The fourth-order valence-electron chi connectivity index (χ4n) is 1.73. The summed E-state index contributed by atoms with van der Waals surface area (Å²) in [6.07, 6.45) is 0. The zero-order chi connectivity index (χ0) is 14.9. The Morgan fingerprint density at radius 1 is 1.15 bits per heavy atom. The lowest BCUT2D eigenvalue weighted by molar-refractivity contribution is 0.102. The minimum atomic E-state index is -1.61. The molecule has 0 heterocycles. The number of amides is 1. The van der Waals surface area contributed by atoms with E-state index in [1.807, 2.05) is 0 Å². The molecule has 0 atom stereocenters. The van der Waals surface area contributed by atoms with Gasteiger partial charge >= 0.3 is 0 Å². The average molecular weight is 280 g/mol. The Morgan fingerprint density at radius 3 is 2.30 bits per heavy atom. The predicted octanol–water partition coefficient (Wildman–Crippen LogP) is 3.25. The third-order valence-electron chi connectivity index (χ3n) is 2.79. The highest BCUT2D eigenvalue weighted by Crippen LogP contribution is 2.23. The van der Waals surface area contributed by atoms with Gasteiger partial charge in [0.1, 0.15) is 0 Å². The number of aryl methyl sites for hydroxylation is 1. The first-order chi connectivity index (χ1) is 9.40. The standard InChI is InChI=1S/C14H11F3N2O/c1-7-3-2-4-11(18)13(7)19-14(20)8-5-9(15)12(17)10(16)6-8/h2-6H,18H2,1H3,(H,19,20). The molecule has 0 spiro atoms. The van der Waals surface area contributed by atoms with Gasteiger partial charge in [0.05, 0.1) is 11.4 Å². The molecule has 0 fully saturated rings. The van der Waals surface area contributed by atoms with Gasteiger partial charge in [-0.25, -0.2) is 13.2 Å². The SMILES string of the molecule is Cc1cccc(N)c1NC(=O)c1cc(F)c(F)c(F)c1. The zero-order valence-electron chi connectivity index (χ0n) is 10.5. The Balaban J connectivity index is 2.34. The molecule has 0 bridgehead atoms. The van der Waals surface area contributed by atoms with Crippen LogP contribution in [-0.2, 0) is 0 Å². The van der Waals surface area contributed by atoms with Gasteiger partial charge < -0.3 is 11.1 Å². The summed E-state index contributed by atoms with van der Waals surface area (Å²) in [5.41, 5.74) is 6.75. The third kappa shape index (κ3) is 2.59. The highest BCUT2D eigenvalue weighted by atomic mass is 19.2. The Labute approximate surface area is 113 Å². The van der Waals surface area contributed by atoms with Crippen LogP contribution in [0.2, 0.25) is 0 Å². The molecule has 0 unspecified atom stereocenters. The van der Waals surface area contributed by atoms with Crippen LogP contribution in [0.4, 0.5) is 24.5 Å². The molecule has 2 rings (SSSR count). The lowest BCUT2D eigenvalue weighted by Gasteiger charge is -2.11. The molecular formula is C14H11F3N2O. The van der Waals surface area contributed by atoms with Crippen molar-refractivity contribution in [3.63, 3.8) is 0 Å². The smallest absolute Gasteiger partial charge is 0.255 e. The maximum Gasteiger partial charge on any atom is 0.255 e. The summed E-state index contributed by atoms with van der Waals surface area (Å²) < 4.78 is 39.0. The molecule has 3 nitrogen and oxygen atoms in total. The van der Waals surface area contributed by atoms with Crippen LogP contribution in [0.25, 0.3) is 0 Å². The van der Waals surface area contributed by atoms with Gasteiger partial charge in [-0.2, -0.15) is 0 Å². The normalized spacial score (nSPS) is 10.4. The van der Waals surface area contributed by atoms with Crippen molar-refractivity contribution in [2.75, 3.05) is 11.1 Å². The summed E-state index contributed by atoms with van der Waals surface area (Å²) >= 11 is 0. The number of carbonyl (C=O) groups is 1. The van der Waals surface area contributed by atoms with Crippen LogP contribution < -0.4 is 11.1 Å². The molecule has 0 aliphatic heterocycles. The molecule has 0 radical (unpaired) electrons. The van der Waals surface area contributed by atoms with Gasteiger partial charge in [0.25, 0.3) is 5.91 Å². The van der Waals surface area contributed by atoms with Crippen LogP contribution in [0.5, 0.6) is 0 Å². The highest BCUT2D eigenvalue weighted by molar-refractivity contribution is 6.06. The van der Waals surface area contributed by atoms with Crippen molar-refractivity contribution in [3.8, 4) is 0 Å². The van der Waals surface area contributed by atoms with E-state index in [1.165, 1.54) is 0 Å². The minimum absolute atomic E-state index is 0.321. The first-order valence-electron chi connectivity index (χ1n) is 5.71. The molecular weight excluding hydrogens is 269 g/mol. The number of hydrogen-bond donors (Lipinski definition) is 2. The number of carbonyl (C=O) groups excluding carboxylic acids is 1. The number of para-hydroxylation sites is 1. The Morgan fingerprint density at radius 2 is 1.75 bits per heavy atom. The van der Waals surface area contributed by atoms with Crippen molar-refractivity contribution in [2.24, 2.45) is 0 Å². The van der Waals surface area contributed by atoms with E-state index in [0.717, 1.165) is 0 Å². The van der Waals surface area contributed by atoms with E-state index < -0.39 is 23.4 Å². The number of rotatable bonds is 2. The second-order valence-corrected chi connectivity index (χ2v) is 4.25. The summed E-state index contributed by atoms with van der Waals surface area (Å²) in [5.74, 6) is -5.23. The fraction of sp³-hybridized carbons (Fsp3) is 0.0714. The van der Waals surface area contributed by atoms with Gasteiger partial charge in [0.15, 0.2) is 17.5 Å². The maximum atomic E-state index is 13.1. The first-order valence-corrected chi connectivity index (χ1v) is 5.71. The van der Waals surface area contributed by atoms with E-state index in [1.54, 1.807) is 25.1 Å². The molecule has 20 heavy (non-hydrogen) atoms. The molecule has 6 heteroatoms. The number of benzene rings is 2. The summed E-state index contributed by atoms with van der Waals surface area (Å²) in [6, 6.07) is 6.26. The largest absolute Gasteiger partial charge is 0.397 e. The van der Waals surface area contributed by atoms with E-state index in [2.05, 4.69) is 5.32 Å². The Kier molecular flexibility index (Phi) is 3.65. The second-order valence-electron chi connectivity index (χ2n) is 4.25. The molecule has 0 aromatic heterocycles. The van der Waals surface area contributed by atoms with Crippen LogP contribution >= 0.6 is 0 Å². The number of anilines is 2. The summed E-state index contributed by atoms with van der Waals surface area (Å²) in [7, 11) is 0. The number of nitrogens with one attached hydrogen (secondary N) is 1. The number of nitrogens with two attached hydrogens (primary N) is 1. The van der Waals surface area contributed by atoms with Gasteiger partial charge in [-0.15, -0.1) is 0 Å². The summed E-state index contributed by atoms with van der Waals surface area (Å²) in [6.45, 7) is 1.72. The molecule has 3 N–H and O–H groups in total. The van der Waals surface area contributed by atoms with Crippen molar-refractivity contribution in [1.82, 2.24) is 0 Å². The van der Waals surface area contributed by atoms with Crippen LogP contribution in [-0.4, -0.2) is 5.91 Å². The van der Waals surface area contributed by atoms with E-state index in [0.29, 0.717) is 29.1 Å². The van der Waals surface area contributed by atoms with Gasteiger partial charge in [-0.05, 0) is 30.7 Å². The van der Waals surface area contributed by atoms with Crippen LogP contribution in [0.15, 0.2) is 30.3 Å². The Hall–Kier alpha value is -2.50. The van der Waals surface area contributed by atoms with Crippen molar-refractivity contribution in [3.05, 3.63) is 58.9 Å². The number of halogens is 3. The molecule has 0 saturated carbocycles. The quantitative estimate of drug-likeness (QED) is 0.655. The van der Waals surface area contributed by atoms with Gasteiger partial charge in [0.2, 0.25) is 0 Å². The molecule has 2 aromatic rings. The second kappa shape index (κ2) is 5.24. The highest BCUT2D eigenvalue weighted by Gasteiger charge is 2.16. The number of hydrogen-bond acceptors (Lipinski definition) is 2. The predicted molar refractivity (Wildman–Crippen MR) is 69.9 cm³/mol. The van der Waals surface area contributed by atoms with Gasteiger partial charge in [0, 0.05) is 5.56 Å². The van der Waals surface area contributed by atoms with Crippen LogP contribution in [0.3, 0.4) is 0 Å². The first kappa shape index (κ1) is 13.9. The van der Waals surface area contributed by atoms with E-state index in [4.69, 9.17) is 5.73 Å². The van der Waals surface area contributed by atoms with Crippen LogP contribution in [0.1, 0.15) is 15.9 Å². The van der Waals surface area contributed by atoms with Crippen molar-refractivity contribution >= 4 is 17.3 Å². The minimum Gasteiger partial charge on any atom is -0.397 e. The zero-order valence-corrected chi connectivity index (χ0v) is 10.5. The topological polar surface area (TPSA) is 55.1 Å². The molecule has 2 aromatic carbocycles. The van der Waals surface area contributed by atoms with Gasteiger partial charge in [-0.1, -0.05) is 12.1 Å². The Bertz CT molecular complexity index is 643.